The molecule has 1 aromatic rings. The van der Waals surface area contributed by atoms with Crippen molar-refractivity contribution in [2.45, 2.75) is 45.3 Å². The molecule has 0 amide bonds. The average molecular weight is 271 g/mol. The van der Waals surface area contributed by atoms with E-state index in [1.807, 2.05) is 11.3 Å². The molecule has 104 valence electrons. The predicted octanol–water partition coefficient (Wildman–Crippen LogP) is 2.53. The van der Waals surface area contributed by atoms with Crippen LogP contribution in [0.5, 0.6) is 0 Å². The molecule has 3 nitrogen and oxygen atoms in total. The van der Waals surface area contributed by atoms with Crippen LogP contribution in [0.15, 0.2) is 12.1 Å². The first-order valence-corrected chi connectivity index (χ1v) is 7.22. The SMILES string of the molecule is COCC(O)CCNCc1ccc(C(C)(C)C)s1. The topological polar surface area (TPSA) is 41.5 Å². The lowest BCUT2D eigenvalue weighted by atomic mass is 9.95. The molecule has 18 heavy (non-hydrogen) atoms. The Hall–Kier alpha value is -0.420. The van der Waals surface area contributed by atoms with E-state index in [2.05, 4.69) is 38.2 Å². The maximum atomic E-state index is 9.49. The third-order valence-corrected chi connectivity index (χ3v) is 4.22. The van der Waals surface area contributed by atoms with Gasteiger partial charge in [-0.25, -0.2) is 0 Å². The van der Waals surface area contributed by atoms with Gasteiger partial charge in [0, 0.05) is 23.4 Å². The Balaban J connectivity index is 2.26. The highest BCUT2D eigenvalue weighted by Crippen LogP contribution is 2.29. The molecule has 1 aromatic heterocycles. The monoisotopic (exact) mass is 271 g/mol. The van der Waals surface area contributed by atoms with E-state index in [0.717, 1.165) is 19.5 Å². The second-order valence-corrected chi connectivity index (χ2v) is 6.76. The average Bonchev–Trinajstić information content (AvgIpc) is 2.73. The van der Waals surface area contributed by atoms with Crippen molar-refractivity contribution < 1.29 is 9.84 Å². The normalized spacial score (nSPS) is 13.8. The number of thiophene rings is 1. The Morgan fingerprint density at radius 2 is 2.11 bits per heavy atom. The summed E-state index contributed by atoms with van der Waals surface area (Å²) in [6, 6.07) is 4.39. The number of aliphatic hydroxyl groups excluding tert-OH is 1. The van der Waals surface area contributed by atoms with E-state index in [9.17, 15) is 5.11 Å². The molecule has 1 rings (SSSR count). The van der Waals surface area contributed by atoms with E-state index in [4.69, 9.17) is 4.74 Å². The van der Waals surface area contributed by atoms with E-state index in [1.54, 1.807) is 7.11 Å². The number of hydrogen-bond donors (Lipinski definition) is 2. The van der Waals surface area contributed by atoms with Crippen molar-refractivity contribution in [2.75, 3.05) is 20.3 Å². The summed E-state index contributed by atoms with van der Waals surface area (Å²) >= 11 is 1.86. The van der Waals surface area contributed by atoms with Crippen LogP contribution < -0.4 is 5.32 Å². The molecule has 0 bridgehead atoms. The van der Waals surface area contributed by atoms with Gasteiger partial charge in [0.15, 0.2) is 0 Å². The highest BCUT2D eigenvalue weighted by Gasteiger charge is 2.15. The Labute approximate surface area is 114 Å². The molecule has 1 heterocycles. The van der Waals surface area contributed by atoms with Crippen LogP contribution in [0.3, 0.4) is 0 Å². The van der Waals surface area contributed by atoms with Gasteiger partial charge < -0.3 is 15.2 Å². The molecular weight excluding hydrogens is 246 g/mol. The highest BCUT2D eigenvalue weighted by atomic mass is 32.1. The van der Waals surface area contributed by atoms with Gasteiger partial charge in [0.2, 0.25) is 0 Å². The van der Waals surface area contributed by atoms with Gasteiger partial charge in [-0.15, -0.1) is 11.3 Å². The molecule has 0 aliphatic carbocycles. The number of hydrogen-bond acceptors (Lipinski definition) is 4. The van der Waals surface area contributed by atoms with Crippen LogP contribution in [0.1, 0.15) is 36.9 Å². The minimum absolute atomic E-state index is 0.234. The molecule has 0 saturated carbocycles. The number of ether oxygens (including phenoxy) is 1. The molecule has 1 atom stereocenters. The van der Waals surface area contributed by atoms with Crippen LogP contribution in [0.4, 0.5) is 0 Å². The molecular formula is C14H25NO2S. The maximum absolute atomic E-state index is 9.49. The summed E-state index contributed by atoms with van der Waals surface area (Å²) < 4.78 is 4.88. The van der Waals surface area contributed by atoms with E-state index < -0.39 is 0 Å². The van der Waals surface area contributed by atoms with Gasteiger partial charge >= 0.3 is 0 Å². The molecule has 0 aliphatic heterocycles. The first-order chi connectivity index (χ1) is 8.43. The molecule has 4 heteroatoms. The predicted molar refractivity (Wildman–Crippen MR) is 77.2 cm³/mol. The standard InChI is InChI=1S/C14H25NO2S/c1-14(2,3)13-6-5-12(18-13)9-15-8-7-11(16)10-17-4/h5-6,11,15-16H,7-10H2,1-4H3. The van der Waals surface area contributed by atoms with Crippen molar-refractivity contribution in [1.29, 1.82) is 0 Å². The van der Waals surface area contributed by atoms with Crippen LogP contribution in [0, 0.1) is 0 Å². The van der Waals surface area contributed by atoms with Crippen molar-refractivity contribution >= 4 is 11.3 Å². The lowest BCUT2D eigenvalue weighted by Gasteiger charge is -2.15. The van der Waals surface area contributed by atoms with Crippen molar-refractivity contribution in [2.24, 2.45) is 0 Å². The molecule has 0 radical (unpaired) electrons. The molecule has 0 aliphatic rings. The Morgan fingerprint density at radius 1 is 1.39 bits per heavy atom. The molecule has 0 saturated heterocycles. The molecule has 1 unspecified atom stereocenters. The number of methoxy groups -OCH3 is 1. The highest BCUT2D eigenvalue weighted by molar-refractivity contribution is 7.12. The Morgan fingerprint density at radius 3 is 2.67 bits per heavy atom. The summed E-state index contributed by atoms with van der Waals surface area (Å²) in [7, 11) is 1.61. The van der Waals surface area contributed by atoms with Gasteiger partial charge in [0.1, 0.15) is 0 Å². The minimum Gasteiger partial charge on any atom is -0.391 e. The first-order valence-electron chi connectivity index (χ1n) is 6.40. The summed E-state index contributed by atoms with van der Waals surface area (Å²) in [5.41, 5.74) is 0.234. The van der Waals surface area contributed by atoms with Gasteiger partial charge in [-0.1, -0.05) is 20.8 Å². The molecule has 0 aromatic carbocycles. The zero-order chi connectivity index (χ0) is 13.6. The van der Waals surface area contributed by atoms with Gasteiger partial charge in [-0.2, -0.15) is 0 Å². The fraction of sp³-hybridized carbons (Fsp3) is 0.714. The maximum Gasteiger partial charge on any atom is 0.0785 e. The van der Waals surface area contributed by atoms with Gasteiger partial charge in [0.25, 0.3) is 0 Å². The van der Waals surface area contributed by atoms with Gasteiger partial charge in [0.05, 0.1) is 12.7 Å². The van der Waals surface area contributed by atoms with Crippen LogP contribution in [-0.4, -0.2) is 31.5 Å². The summed E-state index contributed by atoms with van der Waals surface area (Å²) in [6.07, 6.45) is 0.363. The Kier molecular flexibility index (Phi) is 6.29. The van der Waals surface area contributed by atoms with Crippen molar-refractivity contribution in [1.82, 2.24) is 5.32 Å². The molecule has 2 N–H and O–H groups in total. The van der Waals surface area contributed by atoms with E-state index in [-0.39, 0.29) is 11.5 Å². The van der Waals surface area contributed by atoms with Crippen LogP contribution in [0.2, 0.25) is 0 Å². The fourth-order valence-corrected chi connectivity index (χ4v) is 2.67. The van der Waals surface area contributed by atoms with E-state index in [0.29, 0.717) is 6.61 Å². The number of aliphatic hydroxyl groups is 1. The largest absolute Gasteiger partial charge is 0.391 e. The summed E-state index contributed by atoms with van der Waals surface area (Å²) in [4.78, 5) is 2.76. The lowest BCUT2D eigenvalue weighted by molar-refractivity contribution is 0.0594. The quantitative estimate of drug-likeness (QED) is 0.749. The summed E-state index contributed by atoms with van der Waals surface area (Å²) in [5, 5.41) is 12.8. The lowest BCUT2D eigenvalue weighted by Crippen LogP contribution is -2.22. The zero-order valence-electron chi connectivity index (χ0n) is 11.8. The van der Waals surface area contributed by atoms with Crippen molar-refractivity contribution in [3.63, 3.8) is 0 Å². The van der Waals surface area contributed by atoms with Gasteiger partial charge in [-0.3, -0.25) is 0 Å². The third-order valence-electron chi connectivity index (χ3n) is 2.71. The summed E-state index contributed by atoms with van der Waals surface area (Å²) in [6.45, 7) is 8.80. The molecule has 0 fully saturated rings. The van der Waals surface area contributed by atoms with Crippen LogP contribution in [-0.2, 0) is 16.7 Å². The van der Waals surface area contributed by atoms with Crippen molar-refractivity contribution in [3.05, 3.63) is 21.9 Å². The number of nitrogens with one attached hydrogen (secondary N) is 1. The number of rotatable bonds is 7. The van der Waals surface area contributed by atoms with Crippen molar-refractivity contribution in [3.8, 4) is 0 Å². The molecule has 0 spiro atoms. The zero-order valence-corrected chi connectivity index (χ0v) is 12.6. The second kappa shape index (κ2) is 7.24. The Bertz CT molecular complexity index is 344. The summed E-state index contributed by atoms with van der Waals surface area (Å²) in [5.74, 6) is 0. The smallest absolute Gasteiger partial charge is 0.0785 e. The first kappa shape index (κ1) is 15.6. The fourth-order valence-electron chi connectivity index (χ4n) is 1.63. The second-order valence-electron chi connectivity index (χ2n) is 5.59. The van der Waals surface area contributed by atoms with Gasteiger partial charge in [-0.05, 0) is 30.5 Å². The van der Waals surface area contributed by atoms with Crippen LogP contribution in [0.25, 0.3) is 0 Å². The van der Waals surface area contributed by atoms with E-state index in [1.165, 1.54) is 9.75 Å². The third kappa shape index (κ3) is 5.48. The minimum atomic E-state index is -0.365. The van der Waals surface area contributed by atoms with Crippen LogP contribution >= 0.6 is 11.3 Å². The van der Waals surface area contributed by atoms with E-state index >= 15 is 0 Å².